The fourth-order valence-corrected chi connectivity index (χ4v) is 4.95. The second-order valence-electron chi connectivity index (χ2n) is 10.6. The van der Waals surface area contributed by atoms with Gasteiger partial charge in [-0.3, -0.25) is 0 Å². The Kier molecular flexibility index (Phi) is 28.4. The first-order chi connectivity index (χ1) is 15.8. The average Bonchev–Trinajstić information content (AvgIpc) is 2.81. The van der Waals surface area contributed by atoms with E-state index in [1.165, 1.54) is 167 Å². The fraction of sp³-hybridized carbons (Fsp3) is 0.968. The molecule has 1 unspecified atom stereocenters. The molecule has 0 aliphatic heterocycles. The van der Waals surface area contributed by atoms with Crippen LogP contribution in [0.5, 0.6) is 0 Å². The molecule has 0 heterocycles. The van der Waals surface area contributed by atoms with Crippen LogP contribution in [0.1, 0.15) is 187 Å². The summed E-state index contributed by atoms with van der Waals surface area (Å²) in [5.74, 6) is 0.339. The number of carbonyl (C=O) groups is 1. The van der Waals surface area contributed by atoms with E-state index in [1.807, 2.05) is 0 Å². The Morgan fingerprint density at radius 1 is 0.375 bits per heavy atom. The van der Waals surface area contributed by atoms with E-state index >= 15 is 0 Å². The first-order valence-electron chi connectivity index (χ1n) is 15.3. The number of rotatable bonds is 28. The van der Waals surface area contributed by atoms with Crippen molar-refractivity contribution in [2.45, 2.75) is 187 Å². The highest BCUT2D eigenvalue weighted by Gasteiger charge is 2.06. The molecule has 0 fully saturated rings. The Morgan fingerprint density at radius 2 is 0.594 bits per heavy atom. The molecule has 0 bridgehead atoms. The van der Waals surface area contributed by atoms with E-state index in [0.717, 1.165) is 12.8 Å². The highest BCUT2D eigenvalue weighted by Crippen LogP contribution is 2.19. The largest absolute Gasteiger partial charge is 0.303 e. The van der Waals surface area contributed by atoms with Crippen molar-refractivity contribution in [2.24, 2.45) is 5.92 Å². The molecule has 0 saturated heterocycles. The molecule has 0 aromatic rings. The lowest BCUT2D eigenvalue weighted by Gasteiger charge is -2.10. The molecular formula is C31H62O. The number of hydrogen-bond acceptors (Lipinski definition) is 1. The molecular weight excluding hydrogens is 388 g/mol. The summed E-state index contributed by atoms with van der Waals surface area (Å²) >= 11 is 0. The Hall–Kier alpha value is -0.330. The third kappa shape index (κ3) is 25.9. The van der Waals surface area contributed by atoms with Crippen LogP contribution in [0.3, 0.4) is 0 Å². The van der Waals surface area contributed by atoms with Gasteiger partial charge in [-0.2, -0.15) is 0 Å². The molecule has 1 heteroatoms. The van der Waals surface area contributed by atoms with Gasteiger partial charge in [0.25, 0.3) is 0 Å². The summed E-state index contributed by atoms with van der Waals surface area (Å²) in [5, 5.41) is 0. The number of aldehydes is 1. The van der Waals surface area contributed by atoms with Crippen LogP contribution in [0.25, 0.3) is 0 Å². The summed E-state index contributed by atoms with van der Waals surface area (Å²) in [6.07, 6.45) is 38.5. The lowest BCUT2D eigenvalue weighted by atomic mass is 9.95. The van der Waals surface area contributed by atoms with Crippen LogP contribution in [0.4, 0.5) is 0 Å². The maximum absolute atomic E-state index is 11.4. The van der Waals surface area contributed by atoms with E-state index in [0.29, 0.717) is 5.92 Å². The normalized spacial score (nSPS) is 12.3. The van der Waals surface area contributed by atoms with Gasteiger partial charge in [0.2, 0.25) is 0 Å². The van der Waals surface area contributed by atoms with Crippen LogP contribution in [0, 0.1) is 5.92 Å². The zero-order chi connectivity index (χ0) is 23.4. The van der Waals surface area contributed by atoms with E-state index in [4.69, 9.17) is 0 Å². The summed E-state index contributed by atoms with van der Waals surface area (Å²) in [6, 6.07) is 0. The van der Waals surface area contributed by atoms with Gasteiger partial charge < -0.3 is 4.79 Å². The topological polar surface area (TPSA) is 17.1 Å². The molecule has 0 N–H and O–H groups in total. The SMILES string of the molecule is CCCCCCCCCCCCCCCCC(C=O)CCCCCCCCCCCCC. The zero-order valence-electron chi connectivity index (χ0n) is 22.7. The van der Waals surface area contributed by atoms with Crippen molar-refractivity contribution in [3.8, 4) is 0 Å². The maximum atomic E-state index is 11.4. The van der Waals surface area contributed by atoms with Crippen molar-refractivity contribution in [1.29, 1.82) is 0 Å². The lowest BCUT2D eigenvalue weighted by molar-refractivity contribution is -0.111. The highest BCUT2D eigenvalue weighted by molar-refractivity contribution is 5.53. The van der Waals surface area contributed by atoms with Crippen LogP contribution in [-0.2, 0) is 4.79 Å². The van der Waals surface area contributed by atoms with Crippen LogP contribution in [-0.4, -0.2) is 6.29 Å². The Bertz CT molecular complexity index is 337. The van der Waals surface area contributed by atoms with Crippen molar-refractivity contribution in [1.82, 2.24) is 0 Å². The monoisotopic (exact) mass is 450 g/mol. The predicted octanol–water partition coefficient (Wildman–Crippen LogP) is 11.4. The van der Waals surface area contributed by atoms with Crippen LogP contribution in [0.15, 0.2) is 0 Å². The summed E-state index contributed by atoms with van der Waals surface area (Å²) < 4.78 is 0. The first-order valence-corrected chi connectivity index (χ1v) is 15.3. The third-order valence-corrected chi connectivity index (χ3v) is 7.30. The van der Waals surface area contributed by atoms with Gasteiger partial charge in [-0.1, -0.05) is 174 Å². The van der Waals surface area contributed by atoms with Crippen molar-refractivity contribution >= 4 is 6.29 Å². The van der Waals surface area contributed by atoms with Gasteiger partial charge in [-0.15, -0.1) is 0 Å². The van der Waals surface area contributed by atoms with Gasteiger partial charge in [-0.25, -0.2) is 0 Å². The van der Waals surface area contributed by atoms with Crippen LogP contribution < -0.4 is 0 Å². The van der Waals surface area contributed by atoms with Gasteiger partial charge >= 0.3 is 0 Å². The average molecular weight is 451 g/mol. The molecule has 0 amide bonds. The minimum Gasteiger partial charge on any atom is -0.303 e. The molecule has 0 aromatic heterocycles. The van der Waals surface area contributed by atoms with Crippen LogP contribution in [0.2, 0.25) is 0 Å². The fourth-order valence-electron chi connectivity index (χ4n) is 4.95. The number of carbonyl (C=O) groups excluding carboxylic acids is 1. The molecule has 0 aliphatic carbocycles. The molecule has 192 valence electrons. The van der Waals surface area contributed by atoms with E-state index in [9.17, 15) is 4.79 Å². The molecule has 0 saturated carbocycles. The number of unbranched alkanes of at least 4 members (excludes halogenated alkanes) is 23. The van der Waals surface area contributed by atoms with Crippen molar-refractivity contribution in [2.75, 3.05) is 0 Å². The van der Waals surface area contributed by atoms with E-state index in [2.05, 4.69) is 13.8 Å². The zero-order valence-corrected chi connectivity index (χ0v) is 22.7. The molecule has 0 spiro atoms. The van der Waals surface area contributed by atoms with Gasteiger partial charge in [0.1, 0.15) is 6.29 Å². The Balaban J connectivity index is 3.27. The second kappa shape index (κ2) is 28.7. The van der Waals surface area contributed by atoms with Gasteiger partial charge in [0.05, 0.1) is 0 Å². The predicted molar refractivity (Wildman–Crippen MR) is 146 cm³/mol. The number of hydrogen-bond donors (Lipinski definition) is 0. The molecule has 0 aliphatic rings. The standard InChI is InChI=1S/C31H62O/c1-3-5-7-9-11-13-15-16-17-19-21-23-25-27-29-31(30-32)28-26-24-22-20-18-14-12-10-8-6-4-2/h30-31H,3-29H2,1-2H3. The second-order valence-corrected chi connectivity index (χ2v) is 10.6. The van der Waals surface area contributed by atoms with Crippen LogP contribution >= 0.6 is 0 Å². The molecule has 0 radical (unpaired) electrons. The first kappa shape index (κ1) is 31.7. The molecule has 1 nitrogen and oxygen atoms in total. The summed E-state index contributed by atoms with van der Waals surface area (Å²) in [6.45, 7) is 4.58. The summed E-state index contributed by atoms with van der Waals surface area (Å²) in [4.78, 5) is 11.4. The van der Waals surface area contributed by atoms with Crippen molar-refractivity contribution in [3.05, 3.63) is 0 Å². The minimum absolute atomic E-state index is 0.339. The van der Waals surface area contributed by atoms with E-state index in [-0.39, 0.29) is 0 Å². The highest BCUT2D eigenvalue weighted by atomic mass is 16.1. The summed E-state index contributed by atoms with van der Waals surface area (Å²) in [7, 11) is 0. The maximum Gasteiger partial charge on any atom is 0.123 e. The summed E-state index contributed by atoms with van der Waals surface area (Å²) in [5.41, 5.74) is 0. The van der Waals surface area contributed by atoms with Gasteiger partial charge in [0, 0.05) is 5.92 Å². The molecule has 32 heavy (non-hydrogen) atoms. The quantitative estimate of drug-likeness (QED) is 0.0855. The molecule has 1 atom stereocenters. The smallest absolute Gasteiger partial charge is 0.123 e. The molecule has 0 aromatic carbocycles. The van der Waals surface area contributed by atoms with E-state index in [1.54, 1.807) is 0 Å². The third-order valence-electron chi connectivity index (χ3n) is 7.30. The Morgan fingerprint density at radius 3 is 0.812 bits per heavy atom. The van der Waals surface area contributed by atoms with Crippen molar-refractivity contribution in [3.63, 3.8) is 0 Å². The lowest BCUT2D eigenvalue weighted by Crippen LogP contribution is -2.02. The minimum atomic E-state index is 0.339. The Labute approximate surface area is 204 Å². The van der Waals surface area contributed by atoms with Gasteiger partial charge in [-0.05, 0) is 12.8 Å². The van der Waals surface area contributed by atoms with Crippen molar-refractivity contribution < 1.29 is 4.79 Å². The molecule has 0 rings (SSSR count). The van der Waals surface area contributed by atoms with E-state index < -0.39 is 0 Å². The van der Waals surface area contributed by atoms with Gasteiger partial charge in [0.15, 0.2) is 0 Å².